The van der Waals surface area contributed by atoms with E-state index in [4.69, 9.17) is 10.2 Å². The number of rotatable bonds is 7. The number of hydrogen-bond acceptors (Lipinski definition) is 4. The third kappa shape index (κ3) is 6.87. The van der Waals surface area contributed by atoms with Crippen LogP contribution in [0.4, 0.5) is 0 Å². The van der Waals surface area contributed by atoms with E-state index in [2.05, 4.69) is 5.32 Å². The summed E-state index contributed by atoms with van der Waals surface area (Å²) in [7, 11) is 3.66. The number of hydrogen-bond donors (Lipinski definition) is 3. The van der Waals surface area contributed by atoms with Crippen LogP contribution in [0.25, 0.3) is 0 Å². The molecule has 15 heavy (non-hydrogen) atoms. The summed E-state index contributed by atoms with van der Waals surface area (Å²) in [6.07, 6.45) is 0.283. The normalized spacial score (nSPS) is 12.5. The van der Waals surface area contributed by atoms with Crippen LogP contribution in [0.1, 0.15) is 12.8 Å². The molecule has 0 heterocycles. The highest BCUT2D eigenvalue weighted by atomic mass is 16.4. The summed E-state index contributed by atoms with van der Waals surface area (Å²) >= 11 is 0. The van der Waals surface area contributed by atoms with Gasteiger partial charge >= 0.3 is 5.97 Å². The van der Waals surface area contributed by atoms with Gasteiger partial charge < -0.3 is 20.4 Å². The molecule has 6 nitrogen and oxygen atoms in total. The Morgan fingerprint density at radius 2 is 2.00 bits per heavy atom. The van der Waals surface area contributed by atoms with E-state index in [9.17, 15) is 9.59 Å². The van der Waals surface area contributed by atoms with Crippen molar-refractivity contribution in [2.45, 2.75) is 18.9 Å². The Balaban J connectivity index is 3.94. The molecule has 0 bridgehead atoms. The molecule has 0 spiro atoms. The van der Waals surface area contributed by atoms with Gasteiger partial charge in [-0.15, -0.1) is 0 Å². The molecule has 0 saturated heterocycles. The number of carbonyl (C=O) groups excluding carboxylic acids is 1. The molecule has 0 aromatic rings. The van der Waals surface area contributed by atoms with E-state index in [1.807, 2.05) is 19.0 Å². The smallest absolute Gasteiger partial charge is 0.326 e. The lowest BCUT2D eigenvalue weighted by molar-refractivity contribution is -0.142. The highest BCUT2D eigenvalue weighted by Crippen LogP contribution is 1.93. The molecule has 0 radical (unpaired) electrons. The Hall–Kier alpha value is -1.14. The number of carboxylic acids is 1. The molecule has 1 unspecified atom stereocenters. The summed E-state index contributed by atoms with van der Waals surface area (Å²) in [5, 5.41) is 19.6. The maximum absolute atomic E-state index is 11.3. The molecule has 0 aliphatic carbocycles. The Bertz CT molecular complexity index is 218. The Labute approximate surface area is 88.9 Å². The van der Waals surface area contributed by atoms with E-state index in [-0.39, 0.29) is 25.4 Å². The van der Waals surface area contributed by atoms with E-state index in [0.29, 0.717) is 6.54 Å². The largest absolute Gasteiger partial charge is 0.480 e. The molecule has 3 N–H and O–H groups in total. The average molecular weight is 218 g/mol. The number of nitrogens with zero attached hydrogens (tertiary/aromatic N) is 1. The van der Waals surface area contributed by atoms with E-state index >= 15 is 0 Å². The van der Waals surface area contributed by atoms with Gasteiger partial charge in [0.25, 0.3) is 0 Å². The van der Waals surface area contributed by atoms with Crippen LogP contribution >= 0.6 is 0 Å². The summed E-state index contributed by atoms with van der Waals surface area (Å²) in [6, 6.07) is -0.996. The highest BCUT2D eigenvalue weighted by Gasteiger charge is 2.18. The van der Waals surface area contributed by atoms with Crippen LogP contribution in [-0.2, 0) is 9.59 Å². The zero-order valence-corrected chi connectivity index (χ0v) is 9.06. The maximum Gasteiger partial charge on any atom is 0.326 e. The predicted octanol–water partition coefficient (Wildman–Crippen LogP) is -1.11. The summed E-state index contributed by atoms with van der Waals surface area (Å²) in [5.74, 6) is -1.44. The average Bonchev–Trinajstić information content (AvgIpc) is 2.14. The van der Waals surface area contributed by atoms with Crippen molar-refractivity contribution >= 4 is 11.9 Å². The van der Waals surface area contributed by atoms with Gasteiger partial charge in [-0.3, -0.25) is 4.79 Å². The molecule has 88 valence electrons. The Morgan fingerprint density at radius 3 is 2.40 bits per heavy atom. The number of nitrogens with one attached hydrogen (secondary N) is 1. The molecule has 0 aliphatic heterocycles. The number of aliphatic hydroxyl groups is 1. The predicted molar refractivity (Wildman–Crippen MR) is 54.4 cm³/mol. The lowest BCUT2D eigenvalue weighted by atomic mass is 10.2. The van der Waals surface area contributed by atoms with Crippen molar-refractivity contribution in [1.82, 2.24) is 10.2 Å². The SMILES string of the molecule is CN(C)CCC(=O)NC(CCO)C(=O)O. The third-order valence-electron chi connectivity index (χ3n) is 1.84. The van der Waals surface area contributed by atoms with E-state index in [0.717, 1.165) is 0 Å². The van der Waals surface area contributed by atoms with Gasteiger partial charge in [-0.25, -0.2) is 4.79 Å². The minimum atomic E-state index is -1.12. The molecule has 1 amide bonds. The van der Waals surface area contributed by atoms with Gasteiger partial charge in [-0.1, -0.05) is 0 Å². The topological polar surface area (TPSA) is 89.9 Å². The standard InChI is InChI=1S/C9H18N2O4/c1-11(2)5-3-8(13)10-7(4-6-12)9(14)15/h7,12H,3-6H2,1-2H3,(H,10,13)(H,14,15). The summed E-state index contributed by atoms with van der Waals surface area (Å²) in [6.45, 7) is 0.308. The van der Waals surface area contributed by atoms with E-state index in [1.165, 1.54) is 0 Å². The molecule has 0 rings (SSSR count). The molecule has 0 aromatic heterocycles. The first-order valence-electron chi connectivity index (χ1n) is 4.75. The monoisotopic (exact) mass is 218 g/mol. The minimum Gasteiger partial charge on any atom is -0.480 e. The van der Waals surface area contributed by atoms with Crippen LogP contribution in [-0.4, -0.2) is 60.3 Å². The highest BCUT2D eigenvalue weighted by molar-refractivity contribution is 5.83. The summed E-state index contributed by atoms with van der Waals surface area (Å²) < 4.78 is 0. The fourth-order valence-corrected chi connectivity index (χ4v) is 0.978. The molecular weight excluding hydrogens is 200 g/mol. The number of carboxylic acid groups (broad SMARTS) is 1. The molecule has 0 saturated carbocycles. The first-order chi connectivity index (χ1) is 6.97. The van der Waals surface area contributed by atoms with Gasteiger partial charge in [-0.2, -0.15) is 0 Å². The number of aliphatic carboxylic acids is 1. The van der Waals surface area contributed by atoms with Crippen molar-refractivity contribution in [2.75, 3.05) is 27.2 Å². The van der Waals surface area contributed by atoms with Crippen molar-refractivity contribution in [2.24, 2.45) is 0 Å². The second-order valence-corrected chi connectivity index (χ2v) is 3.52. The van der Waals surface area contributed by atoms with Gasteiger partial charge in [0.05, 0.1) is 0 Å². The molecule has 0 aromatic carbocycles. The van der Waals surface area contributed by atoms with Crippen LogP contribution in [0.15, 0.2) is 0 Å². The third-order valence-corrected chi connectivity index (χ3v) is 1.84. The Morgan fingerprint density at radius 1 is 1.40 bits per heavy atom. The van der Waals surface area contributed by atoms with E-state index < -0.39 is 12.0 Å². The fourth-order valence-electron chi connectivity index (χ4n) is 0.978. The lowest BCUT2D eigenvalue weighted by Crippen LogP contribution is -2.42. The minimum absolute atomic E-state index is 0.0308. The molecular formula is C9H18N2O4. The van der Waals surface area contributed by atoms with Crippen molar-refractivity contribution in [1.29, 1.82) is 0 Å². The van der Waals surface area contributed by atoms with Crippen molar-refractivity contribution in [3.8, 4) is 0 Å². The number of carbonyl (C=O) groups is 2. The maximum atomic E-state index is 11.3. The van der Waals surface area contributed by atoms with E-state index in [1.54, 1.807) is 0 Å². The zero-order valence-electron chi connectivity index (χ0n) is 9.06. The van der Waals surface area contributed by atoms with Crippen molar-refractivity contribution in [3.63, 3.8) is 0 Å². The van der Waals surface area contributed by atoms with Gasteiger partial charge in [-0.05, 0) is 14.1 Å². The van der Waals surface area contributed by atoms with Gasteiger partial charge in [0.2, 0.25) is 5.91 Å². The first kappa shape index (κ1) is 13.9. The van der Waals surface area contributed by atoms with Crippen LogP contribution in [0.2, 0.25) is 0 Å². The van der Waals surface area contributed by atoms with Crippen LogP contribution < -0.4 is 5.32 Å². The van der Waals surface area contributed by atoms with Crippen LogP contribution in [0, 0.1) is 0 Å². The summed E-state index contributed by atoms with van der Waals surface area (Å²) in [4.78, 5) is 23.7. The second-order valence-electron chi connectivity index (χ2n) is 3.52. The quantitative estimate of drug-likeness (QED) is 0.504. The Kier molecular flexibility index (Phi) is 6.64. The second kappa shape index (κ2) is 7.19. The van der Waals surface area contributed by atoms with Gasteiger partial charge in [0.1, 0.15) is 6.04 Å². The zero-order chi connectivity index (χ0) is 11.8. The number of aliphatic hydroxyl groups excluding tert-OH is 1. The summed E-state index contributed by atoms with van der Waals surface area (Å²) in [5.41, 5.74) is 0. The molecule has 0 aliphatic rings. The lowest BCUT2D eigenvalue weighted by Gasteiger charge is -2.14. The molecule has 0 fully saturated rings. The number of amides is 1. The fraction of sp³-hybridized carbons (Fsp3) is 0.778. The van der Waals surface area contributed by atoms with Crippen LogP contribution in [0.5, 0.6) is 0 Å². The van der Waals surface area contributed by atoms with Gasteiger partial charge in [0.15, 0.2) is 0 Å². The first-order valence-corrected chi connectivity index (χ1v) is 4.75. The van der Waals surface area contributed by atoms with Crippen molar-refractivity contribution in [3.05, 3.63) is 0 Å². The molecule has 1 atom stereocenters. The van der Waals surface area contributed by atoms with Crippen LogP contribution in [0.3, 0.4) is 0 Å². The van der Waals surface area contributed by atoms with Gasteiger partial charge in [0, 0.05) is 26.0 Å². The van der Waals surface area contributed by atoms with Crippen molar-refractivity contribution < 1.29 is 19.8 Å². The molecule has 6 heteroatoms.